The van der Waals surface area contributed by atoms with Gasteiger partial charge in [-0.25, -0.2) is 23.7 Å². The Bertz CT molecular complexity index is 1290. The molecule has 0 aliphatic heterocycles. The number of aliphatic hydroxyl groups is 1. The van der Waals surface area contributed by atoms with Crippen molar-refractivity contribution in [2.45, 2.75) is 70.6 Å². The van der Waals surface area contributed by atoms with Gasteiger partial charge < -0.3 is 20.0 Å². The average Bonchev–Trinajstić information content (AvgIpc) is 3.35. The van der Waals surface area contributed by atoms with E-state index in [2.05, 4.69) is 30.2 Å². The van der Waals surface area contributed by atoms with Crippen molar-refractivity contribution < 1.29 is 13.9 Å². The Morgan fingerprint density at radius 3 is 2.76 bits per heavy atom. The predicted octanol–water partition coefficient (Wildman–Crippen LogP) is 4.44. The summed E-state index contributed by atoms with van der Waals surface area (Å²) in [6.45, 7) is 3.28. The number of imidazole rings is 1. The van der Waals surface area contributed by atoms with Crippen LogP contribution in [0, 0.1) is 6.92 Å². The number of halogens is 2. The highest BCUT2D eigenvalue weighted by Crippen LogP contribution is 2.33. The number of aromatic amines is 1. The van der Waals surface area contributed by atoms with E-state index >= 15 is 0 Å². The quantitative estimate of drug-likeness (QED) is 0.397. The van der Waals surface area contributed by atoms with Crippen LogP contribution in [0.4, 0.5) is 14.7 Å². The molecule has 1 saturated carbocycles. The number of aryl methyl sites for hydroxylation is 1. The molecular formula is C23H27F2N7O. The second kappa shape index (κ2) is 8.33. The van der Waals surface area contributed by atoms with Crippen molar-refractivity contribution in [3.63, 3.8) is 0 Å². The van der Waals surface area contributed by atoms with Gasteiger partial charge in [0.15, 0.2) is 5.65 Å². The Kier molecular flexibility index (Phi) is 5.48. The molecule has 0 radical (unpaired) electrons. The number of alkyl halides is 2. The van der Waals surface area contributed by atoms with Gasteiger partial charge in [-0.05, 0) is 51.2 Å². The second-order valence-corrected chi connectivity index (χ2v) is 8.85. The molecule has 5 rings (SSSR count). The molecule has 0 aromatic carbocycles. The van der Waals surface area contributed by atoms with E-state index in [1.165, 1.54) is 4.57 Å². The summed E-state index contributed by atoms with van der Waals surface area (Å²) in [6, 6.07) is 3.85. The third-order valence-electron chi connectivity index (χ3n) is 6.72. The number of H-pyrrole nitrogens is 1. The molecule has 0 amide bonds. The third kappa shape index (κ3) is 4.15. The Morgan fingerprint density at radius 2 is 2.03 bits per heavy atom. The predicted molar refractivity (Wildman–Crippen MR) is 122 cm³/mol. The van der Waals surface area contributed by atoms with Gasteiger partial charge >= 0.3 is 0 Å². The smallest absolute Gasteiger partial charge is 0.256 e. The van der Waals surface area contributed by atoms with Crippen LogP contribution in [0.2, 0.25) is 0 Å². The third-order valence-corrected chi connectivity index (χ3v) is 6.72. The maximum Gasteiger partial charge on any atom is 0.256 e. The summed E-state index contributed by atoms with van der Waals surface area (Å²) in [5.41, 5.74) is 2.58. The van der Waals surface area contributed by atoms with Gasteiger partial charge in [0.1, 0.15) is 17.0 Å². The normalized spacial score (nSPS) is 21.3. The van der Waals surface area contributed by atoms with Crippen molar-refractivity contribution >= 4 is 28.1 Å². The maximum absolute atomic E-state index is 13.0. The first kappa shape index (κ1) is 21.7. The maximum atomic E-state index is 13.0. The van der Waals surface area contributed by atoms with Crippen LogP contribution in [-0.4, -0.2) is 52.7 Å². The van der Waals surface area contributed by atoms with Crippen molar-refractivity contribution in [1.29, 1.82) is 0 Å². The van der Waals surface area contributed by atoms with Crippen LogP contribution in [-0.2, 0) is 6.54 Å². The molecule has 4 heterocycles. The van der Waals surface area contributed by atoms with Crippen LogP contribution in [0.15, 0.2) is 24.5 Å². The van der Waals surface area contributed by atoms with Crippen LogP contribution in [0.5, 0.6) is 0 Å². The second-order valence-electron chi connectivity index (χ2n) is 8.85. The Balaban J connectivity index is 1.40. The van der Waals surface area contributed by atoms with Crippen molar-refractivity contribution in [2.24, 2.45) is 0 Å². The van der Waals surface area contributed by atoms with E-state index in [-0.39, 0.29) is 6.04 Å². The largest absolute Gasteiger partial charge is 0.390 e. The van der Waals surface area contributed by atoms with Gasteiger partial charge in [0, 0.05) is 29.4 Å². The zero-order valence-electron chi connectivity index (χ0n) is 18.6. The first-order valence-electron chi connectivity index (χ1n) is 11.3. The van der Waals surface area contributed by atoms with Gasteiger partial charge in [-0.3, -0.25) is 0 Å². The van der Waals surface area contributed by atoms with Crippen LogP contribution < -0.4 is 5.32 Å². The molecule has 0 unspecified atom stereocenters. The zero-order valence-corrected chi connectivity index (χ0v) is 18.6. The number of rotatable bonds is 6. The number of anilines is 1. The highest BCUT2D eigenvalue weighted by Gasteiger charge is 2.31. The van der Waals surface area contributed by atoms with Gasteiger partial charge in [0.25, 0.3) is 6.43 Å². The molecule has 0 bridgehead atoms. The molecule has 4 aromatic rings. The Labute approximate surface area is 189 Å². The van der Waals surface area contributed by atoms with Gasteiger partial charge in [-0.2, -0.15) is 4.98 Å². The monoisotopic (exact) mass is 455 g/mol. The summed E-state index contributed by atoms with van der Waals surface area (Å²) in [7, 11) is 0. The van der Waals surface area contributed by atoms with E-state index in [0.29, 0.717) is 34.3 Å². The van der Waals surface area contributed by atoms with Crippen LogP contribution in [0.3, 0.4) is 0 Å². The highest BCUT2D eigenvalue weighted by atomic mass is 19.3. The Hall–Kier alpha value is -3.14. The number of nitrogens with zero attached hydrogens (tertiary/aromatic N) is 5. The summed E-state index contributed by atoms with van der Waals surface area (Å²) in [5.74, 6) is 1.05. The molecule has 10 heteroatoms. The van der Waals surface area contributed by atoms with E-state index in [9.17, 15) is 13.9 Å². The van der Waals surface area contributed by atoms with E-state index in [4.69, 9.17) is 0 Å². The molecule has 174 valence electrons. The fraction of sp³-hybridized carbons (Fsp3) is 0.478. The lowest BCUT2D eigenvalue weighted by molar-refractivity contribution is -0.00198. The minimum Gasteiger partial charge on any atom is -0.390 e. The molecule has 0 spiro atoms. The minimum absolute atomic E-state index is 0.228. The molecule has 8 nitrogen and oxygen atoms in total. The summed E-state index contributed by atoms with van der Waals surface area (Å²) in [4.78, 5) is 21.2. The molecule has 0 saturated heterocycles. The molecule has 1 aliphatic carbocycles. The van der Waals surface area contributed by atoms with Crippen LogP contribution in [0.1, 0.15) is 44.9 Å². The number of pyridine rings is 1. The lowest BCUT2D eigenvalue weighted by Gasteiger charge is -2.35. The highest BCUT2D eigenvalue weighted by molar-refractivity contribution is 5.93. The molecule has 0 atom stereocenters. The van der Waals surface area contributed by atoms with Crippen molar-refractivity contribution in [2.75, 3.05) is 5.32 Å². The van der Waals surface area contributed by atoms with E-state index in [0.717, 1.165) is 43.1 Å². The van der Waals surface area contributed by atoms with Crippen LogP contribution in [0.25, 0.3) is 33.5 Å². The van der Waals surface area contributed by atoms with E-state index in [1.54, 1.807) is 25.4 Å². The molecule has 3 N–H and O–H groups in total. The summed E-state index contributed by atoms with van der Waals surface area (Å²) >= 11 is 0. The summed E-state index contributed by atoms with van der Waals surface area (Å²) in [5, 5.41) is 14.6. The fourth-order valence-electron chi connectivity index (χ4n) is 4.65. The number of fused-ring (bicyclic) bond motifs is 2. The van der Waals surface area contributed by atoms with Crippen LogP contribution >= 0.6 is 0 Å². The summed E-state index contributed by atoms with van der Waals surface area (Å²) in [6.07, 6.45) is 5.12. The van der Waals surface area contributed by atoms with Crippen molar-refractivity contribution in [3.05, 3.63) is 30.4 Å². The lowest BCUT2D eigenvalue weighted by Crippen LogP contribution is -2.38. The number of hydrogen-bond acceptors (Lipinski definition) is 6. The van der Waals surface area contributed by atoms with Gasteiger partial charge in [-0.1, -0.05) is 6.92 Å². The standard InChI is InChI=1S/C23H27F2N7O/c1-3-23(33)8-6-14(7-9-23)29-22-27-11-16-15(10-26-20(16)31-22)17-4-5-18-21(30-17)32(12-19(24)25)13(2)28-18/h4-5,10-11,14,19,33H,3,6-9,12H2,1-2H3,(H2,26,27,29,31)/t14-,23+. The van der Waals surface area contributed by atoms with Crippen molar-refractivity contribution in [1.82, 2.24) is 29.5 Å². The SMILES string of the molecule is CC[C@]1(O)CC[C@@H](Nc2ncc3c(-c4ccc5nc(C)n(CC(F)F)c5n4)c[nH]c3n2)CC1. The fourth-order valence-corrected chi connectivity index (χ4v) is 4.65. The molecule has 4 aromatic heterocycles. The average molecular weight is 456 g/mol. The van der Waals surface area contributed by atoms with Gasteiger partial charge in [0.05, 0.1) is 17.8 Å². The molecule has 1 aliphatic rings. The van der Waals surface area contributed by atoms with E-state index in [1.807, 2.05) is 13.0 Å². The first-order valence-corrected chi connectivity index (χ1v) is 11.3. The lowest BCUT2D eigenvalue weighted by atomic mass is 9.80. The van der Waals surface area contributed by atoms with Gasteiger partial charge in [-0.15, -0.1) is 0 Å². The number of aromatic nitrogens is 6. The number of hydrogen-bond donors (Lipinski definition) is 3. The first-order chi connectivity index (χ1) is 15.8. The topological polar surface area (TPSA) is 105 Å². The van der Waals surface area contributed by atoms with Crippen molar-refractivity contribution in [3.8, 4) is 11.3 Å². The zero-order chi connectivity index (χ0) is 23.2. The van der Waals surface area contributed by atoms with E-state index < -0.39 is 18.6 Å². The minimum atomic E-state index is -2.49. The molecule has 1 fully saturated rings. The Morgan fingerprint density at radius 1 is 1.24 bits per heavy atom. The number of nitrogens with one attached hydrogen (secondary N) is 2. The van der Waals surface area contributed by atoms with Gasteiger partial charge in [0.2, 0.25) is 5.95 Å². The summed E-state index contributed by atoms with van der Waals surface area (Å²) < 4.78 is 27.5. The molecule has 33 heavy (non-hydrogen) atoms. The molecular weight excluding hydrogens is 428 g/mol.